The highest BCUT2D eigenvalue weighted by atomic mass is 79.9. The molecule has 1 heterocycles. The zero-order chi connectivity index (χ0) is 10.3. The summed E-state index contributed by atoms with van der Waals surface area (Å²) in [6.07, 6.45) is 0. The minimum absolute atomic E-state index is 0.670. The van der Waals surface area contributed by atoms with Gasteiger partial charge in [0.25, 0.3) is 0 Å². The fourth-order valence-electron chi connectivity index (χ4n) is 0.775. The molecule has 0 atom stereocenters. The van der Waals surface area contributed by atoms with Crippen LogP contribution in [0.1, 0.15) is 26.5 Å². The summed E-state index contributed by atoms with van der Waals surface area (Å²) in [5.74, 6) is 0.804. The summed E-state index contributed by atoms with van der Waals surface area (Å²) < 4.78 is 6.06. The van der Waals surface area contributed by atoms with E-state index in [0.29, 0.717) is 6.61 Å². The zero-order valence-electron chi connectivity index (χ0n) is 8.60. The molecule has 0 saturated carbocycles. The van der Waals surface area contributed by atoms with E-state index in [0.717, 1.165) is 16.0 Å². The molecule has 1 rings (SSSR count). The maximum absolute atomic E-state index is 5.28. The Kier molecular flexibility index (Phi) is 6.59. The second-order valence-corrected chi connectivity index (χ2v) is 2.93. The van der Waals surface area contributed by atoms with Crippen molar-refractivity contribution in [3.8, 4) is 5.75 Å². The molecule has 0 saturated heterocycles. The minimum Gasteiger partial charge on any atom is -0.491 e. The molecule has 13 heavy (non-hydrogen) atoms. The molecule has 2 nitrogen and oxygen atoms in total. The lowest BCUT2D eigenvalue weighted by molar-refractivity contribution is 0.336. The Bertz CT molecular complexity index is 251. The van der Waals surface area contributed by atoms with Gasteiger partial charge < -0.3 is 4.74 Å². The van der Waals surface area contributed by atoms with Gasteiger partial charge in [-0.15, -0.1) is 0 Å². The Labute approximate surface area is 88.5 Å². The van der Waals surface area contributed by atoms with Crippen molar-refractivity contribution >= 4 is 15.9 Å². The lowest BCUT2D eigenvalue weighted by Gasteiger charge is -2.04. The third-order valence-corrected chi connectivity index (χ3v) is 1.82. The van der Waals surface area contributed by atoms with E-state index in [1.54, 1.807) is 0 Å². The number of hydrogen-bond donors (Lipinski definition) is 0. The molecule has 0 aromatic carbocycles. The first-order valence-corrected chi connectivity index (χ1v) is 5.29. The molecule has 0 unspecified atom stereocenters. The fourth-order valence-corrected chi connectivity index (χ4v) is 1.30. The zero-order valence-corrected chi connectivity index (χ0v) is 10.2. The van der Waals surface area contributed by atoms with Crippen LogP contribution in [-0.2, 0) is 0 Å². The molecule has 0 aliphatic rings. The smallest absolute Gasteiger partial charge is 0.152 e. The lowest BCUT2D eigenvalue weighted by atomic mass is 10.4. The molecular weight excluding hydrogens is 230 g/mol. The summed E-state index contributed by atoms with van der Waals surface area (Å²) in [5.41, 5.74) is 0.986. The van der Waals surface area contributed by atoms with Gasteiger partial charge in [-0.25, -0.2) is 4.98 Å². The SMILES string of the molecule is CC.CCOc1ccc(C)nc1Br. The van der Waals surface area contributed by atoms with Crippen LogP contribution in [-0.4, -0.2) is 11.6 Å². The second-order valence-electron chi connectivity index (χ2n) is 2.17. The van der Waals surface area contributed by atoms with Crippen LogP contribution in [0.3, 0.4) is 0 Å². The Hall–Kier alpha value is -0.570. The predicted molar refractivity (Wildman–Crippen MR) is 59.2 cm³/mol. The van der Waals surface area contributed by atoms with E-state index >= 15 is 0 Å². The number of ether oxygens (including phenoxy) is 1. The van der Waals surface area contributed by atoms with Gasteiger partial charge in [-0.1, -0.05) is 13.8 Å². The summed E-state index contributed by atoms with van der Waals surface area (Å²) in [7, 11) is 0. The molecule has 0 spiro atoms. The van der Waals surface area contributed by atoms with E-state index in [2.05, 4.69) is 20.9 Å². The molecule has 0 radical (unpaired) electrons. The predicted octanol–water partition coefficient (Wildman–Crippen LogP) is 3.58. The molecule has 0 amide bonds. The van der Waals surface area contributed by atoms with E-state index < -0.39 is 0 Å². The monoisotopic (exact) mass is 245 g/mol. The Balaban J connectivity index is 0.000000671. The number of nitrogens with zero attached hydrogens (tertiary/aromatic N) is 1. The first-order chi connectivity index (χ1) is 6.24. The van der Waals surface area contributed by atoms with Gasteiger partial charge in [0.15, 0.2) is 5.75 Å². The Morgan fingerprint density at radius 1 is 1.38 bits per heavy atom. The van der Waals surface area contributed by atoms with Crippen molar-refractivity contribution in [3.05, 3.63) is 22.4 Å². The van der Waals surface area contributed by atoms with Gasteiger partial charge in [0.2, 0.25) is 0 Å². The lowest BCUT2D eigenvalue weighted by Crippen LogP contribution is -1.94. The fraction of sp³-hybridized carbons (Fsp3) is 0.500. The quantitative estimate of drug-likeness (QED) is 0.744. The van der Waals surface area contributed by atoms with Crippen LogP contribution in [0.2, 0.25) is 0 Å². The van der Waals surface area contributed by atoms with Gasteiger partial charge in [0.1, 0.15) is 4.60 Å². The van der Waals surface area contributed by atoms with Crippen LogP contribution in [0, 0.1) is 6.92 Å². The third kappa shape index (κ3) is 4.27. The van der Waals surface area contributed by atoms with Crippen molar-refractivity contribution in [2.45, 2.75) is 27.7 Å². The summed E-state index contributed by atoms with van der Waals surface area (Å²) in [5, 5.41) is 0. The maximum atomic E-state index is 5.28. The van der Waals surface area contributed by atoms with Gasteiger partial charge in [0, 0.05) is 5.69 Å². The second kappa shape index (κ2) is 6.89. The van der Waals surface area contributed by atoms with Gasteiger partial charge in [0.05, 0.1) is 6.61 Å². The average Bonchev–Trinajstić information content (AvgIpc) is 2.14. The summed E-state index contributed by atoms with van der Waals surface area (Å²) in [6.45, 7) is 8.57. The highest BCUT2D eigenvalue weighted by Crippen LogP contribution is 2.22. The normalized spacial score (nSPS) is 8.69. The average molecular weight is 246 g/mol. The van der Waals surface area contributed by atoms with Crippen LogP contribution >= 0.6 is 15.9 Å². The standard InChI is InChI=1S/C8H10BrNO.C2H6/c1-3-11-7-5-4-6(2)10-8(7)9;1-2/h4-5H,3H2,1-2H3;1-2H3. The molecule has 1 aromatic rings. The molecule has 0 aliphatic carbocycles. The highest BCUT2D eigenvalue weighted by Gasteiger charge is 1.99. The van der Waals surface area contributed by atoms with Crippen LogP contribution < -0.4 is 4.74 Å². The van der Waals surface area contributed by atoms with Crippen LogP contribution in [0.25, 0.3) is 0 Å². The summed E-state index contributed by atoms with van der Waals surface area (Å²) in [6, 6.07) is 3.84. The van der Waals surface area contributed by atoms with Gasteiger partial charge in [-0.05, 0) is 41.9 Å². The molecule has 0 fully saturated rings. The van der Waals surface area contributed by atoms with Crippen molar-refractivity contribution in [3.63, 3.8) is 0 Å². The minimum atomic E-state index is 0.670. The van der Waals surface area contributed by atoms with Gasteiger partial charge >= 0.3 is 0 Å². The summed E-state index contributed by atoms with van der Waals surface area (Å²) >= 11 is 3.31. The van der Waals surface area contributed by atoms with E-state index in [1.165, 1.54) is 0 Å². The van der Waals surface area contributed by atoms with Crippen molar-refractivity contribution in [1.29, 1.82) is 0 Å². The number of aromatic nitrogens is 1. The number of halogens is 1. The van der Waals surface area contributed by atoms with Crippen molar-refractivity contribution in [2.24, 2.45) is 0 Å². The number of rotatable bonds is 2. The molecule has 1 aromatic heterocycles. The number of aryl methyl sites for hydroxylation is 1. The van der Waals surface area contributed by atoms with Gasteiger partial charge in [-0.2, -0.15) is 0 Å². The van der Waals surface area contributed by atoms with E-state index in [4.69, 9.17) is 4.74 Å². The molecule has 0 bridgehead atoms. The molecular formula is C10H16BrNO. The van der Waals surface area contributed by atoms with Gasteiger partial charge in [-0.3, -0.25) is 0 Å². The van der Waals surface area contributed by atoms with Crippen LogP contribution in [0.4, 0.5) is 0 Å². The number of pyridine rings is 1. The molecule has 0 aliphatic heterocycles. The first-order valence-electron chi connectivity index (χ1n) is 4.50. The van der Waals surface area contributed by atoms with Crippen molar-refractivity contribution in [1.82, 2.24) is 4.98 Å². The van der Waals surface area contributed by atoms with E-state index in [1.807, 2.05) is 39.8 Å². The van der Waals surface area contributed by atoms with Crippen molar-refractivity contribution < 1.29 is 4.74 Å². The van der Waals surface area contributed by atoms with Crippen LogP contribution in [0.15, 0.2) is 16.7 Å². The van der Waals surface area contributed by atoms with Crippen LogP contribution in [0.5, 0.6) is 5.75 Å². The largest absolute Gasteiger partial charge is 0.491 e. The Morgan fingerprint density at radius 2 is 2.00 bits per heavy atom. The first kappa shape index (κ1) is 12.4. The number of hydrogen-bond acceptors (Lipinski definition) is 2. The third-order valence-electron chi connectivity index (χ3n) is 1.25. The topological polar surface area (TPSA) is 22.1 Å². The van der Waals surface area contributed by atoms with Crippen molar-refractivity contribution in [2.75, 3.05) is 6.61 Å². The molecule has 3 heteroatoms. The summed E-state index contributed by atoms with van der Waals surface area (Å²) in [4.78, 5) is 4.18. The van der Waals surface area contributed by atoms with E-state index in [-0.39, 0.29) is 0 Å². The maximum Gasteiger partial charge on any atom is 0.152 e. The highest BCUT2D eigenvalue weighted by molar-refractivity contribution is 9.10. The molecule has 0 N–H and O–H groups in total. The molecule has 74 valence electrons. The Morgan fingerprint density at radius 3 is 2.46 bits per heavy atom. The van der Waals surface area contributed by atoms with E-state index in [9.17, 15) is 0 Å².